The maximum absolute atomic E-state index is 13.5. The second-order valence-electron chi connectivity index (χ2n) is 6.75. The number of H-pyrrole nitrogens is 2. The van der Waals surface area contributed by atoms with Crippen LogP contribution < -0.4 is 5.32 Å². The lowest BCUT2D eigenvalue weighted by Crippen LogP contribution is -2.26. The average molecular weight is 364 g/mol. The first-order valence-corrected chi connectivity index (χ1v) is 9.07. The quantitative estimate of drug-likeness (QED) is 0.456. The van der Waals surface area contributed by atoms with E-state index in [1.807, 2.05) is 31.2 Å². The Morgan fingerprint density at radius 2 is 2.00 bits per heavy atom. The molecule has 27 heavy (non-hydrogen) atoms. The zero-order valence-electron chi connectivity index (χ0n) is 15.1. The van der Waals surface area contributed by atoms with Crippen molar-refractivity contribution in [2.24, 2.45) is 0 Å². The number of hydrogen-bond acceptors (Lipinski definition) is 2. The number of halogens is 1. The van der Waals surface area contributed by atoms with E-state index >= 15 is 0 Å². The molecule has 4 rings (SSSR count). The maximum Gasteiger partial charge on any atom is 0.224 e. The lowest BCUT2D eigenvalue weighted by molar-refractivity contribution is -0.120. The van der Waals surface area contributed by atoms with Crippen LogP contribution in [0.4, 0.5) is 4.39 Å². The molecule has 0 saturated heterocycles. The standard InChI is InChI=1S/C21H21FN4O/c1-13-15(16-11-14(22)8-9-17(16)24-13)12-21(27)23-10-4-7-20-25-18-5-2-3-6-19(18)26-20/h2-3,5-6,8-9,11,24H,4,7,10,12H2,1H3,(H,23,27)(H,25,26). The molecule has 2 heterocycles. The SMILES string of the molecule is Cc1[nH]c2ccc(F)cc2c1CC(=O)NCCCc1nc2ccccc2[nH]1. The first kappa shape index (κ1) is 17.3. The first-order valence-electron chi connectivity index (χ1n) is 9.07. The largest absolute Gasteiger partial charge is 0.358 e. The summed E-state index contributed by atoms with van der Waals surface area (Å²) in [6.07, 6.45) is 1.80. The van der Waals surface area contributed by atoms with E-state index in [0.29, 0.717) is 6.54 Å². The predicted molar refractivity (Wildman–Crippen MR) is 104 cm³/mol. The second-order valence-corrected chi connectivity index (χ2v) is 6.75. The number of fused-ring (bicyclic) bond motifs is 2. The fourth-order valence-electron chi connectivity index (χ4n) is 3.41. The minimum atomic E-state index is -0.297. The Hall–Kier alpha value is -3.15. The van der Waals surface area contributed by atoms with Crippen LogP contribution in [0.3, 0.4) is 0 Å². The smallest absolute Gasteiger partial charge is 0.224 e. The van der Waals surface area contributed by atoms with E-state index in [1.54, 1.807) is 6.07 Å². The number of carbonyl (C=O) groups is 1. The molecule has 138 valence electrons. The fraction of sp³-hybridized carbons (Fsp3) is 0.238. The van der Waals surface area contributed by atoms with Crippen molar-refractivity contribution < 1.29 is 9.18 Å². The van der Waals surface area contributed by atoms with E-state index in [4.69, 9.17) is 0 Å². The van der Waals surface area contributed by atoms with Crippen LogP contribution in [-0.4, -0.2) is 27.4 Å². The zero-order chi connectivity index (χ0) is 18.8. The van der Waals surface area contributed by atoms with Gasteiger partial charge in [-0.1, -0.05) is 12.1 Å². The third-order valence-electron chi connectivity index (χ3n) is 4.77. The van der Waals surface area contributed by atoms with Crippen LogP contribution >= 0.6 is 0 Å². The molecule has 0 fully saturated rings. The topological polar surface area (TPSA) is 73.6 Å². The Balaban J connectivity index is 1.32. The van der Waals surface area contributed by atoms with Crippen molar-refractivity contribution >= 4 is 27.8 Å². The van der Waals surface area contributed by atoms with Gasteiger partial charge in [-0.15, -0.1) is 0 Å². The van der Waals surface area contributed by atoms with Crippen molar-refractivity contribution in [3.63, 3.8) is 0 Å². The number of nitrogens with zero attached hydrogens (tertiary/aromatic N) is 1. The van der Waals surface area contributed by atoms with Crippen molar-refractivity contribution in [2.75, 3.05) is 6.54 Å². The molecule has 6 heteroatoms. The fourth-order valence-corrected chi connectivity index (χ4v) is 3.41. The molecule has 0 aliphatic carbocycles. The van der Waals surface area contributed by atoms with E-state index in [2.05, 4.69) is 20.3 Å². The Morgan fingerprint density at radius 3 is 2.85 bits per heavy atom. The highest BCUT2D eigenvalue weighted by molar-refractivity contribution is 5.90. The number of rotatable bonds is 6. The molecule has 0 bridgehead atoms. The number of nitrogens with one attached hydrogen (secondary N) is 3. The normalized spacial score (nSPS) is 11.3. The lowest BCUT2D eigenvalue weighted by Gasteiger charge is -2.05. The lowest BCUT2D eigenvalue weighted by atomic mass is 10.1. The van der Waals surface area contributed by atoms with Crippen molar-refractivity contribution in [3.05, 3.63) is 65.4 Å². The van der Waals surface area contributed by atoms with Crippen molar-refractivity contribution in [2.45, 2.75) is 26.2 Å². The number of aromatic amines is 2. The third kappa shape index (κ3) is 3.69. The second kappa shape index (κ2) is 7.23. The van der Waals surface area contributed by atoms with Gasteiger partial charge in [0.1, 0.15) is 11.6 Å². The molecule has 0 aliphatic heterocycles. The van der Waals surface area contributed by atoms with Gasteiger partial charge in [-0.05, 0) is 49.2 Å². The minimum absolute atomic E-state index is 0.0622. The number of amides is 1. The molecule has 2 aromatic heterocycles. The van der Waals surface area contributed by atoms with E-state index in [9.17, 15) is 9.18 Å². The highest BCUT2D eigenvalue weighted by atomic mass is 19.1. The van der Waals surface area contributed by atoms with E-state index < -0.39 is 0 Å². The van der Waals surface area contributed by atoms with Gasteiger partial charge in [0, 0.05) is 29.6 Å². The van der Waals surface area contributed by atoms with Crippen LogP contribution in [-0.2, 0) is 17.6 Å². The maximum atomic E-state index is 13.5. The summed E-state index contributed by atoms with van der Waals surface area (Å²) in [7, 11) is 0. The van der Waals surface area contributed by atoms with E-state index in [1.165, 1.54) is 12.1 Å². The third-order valence-corrected chi connectivity index (χ3v) is 4.77. The molecule has 0 atom stereocenters. The van der Waals surface area contributed by atoms with Crippen molar-refractivity contribution in [1.82, 2.24) is 20.3 Å². The van der Waals surface area contributed by atoms with E-state index in [-0.39, 0.29) is 18.1 Å². The summed E-state index contributed by atoms with van der Waals surface area (Å²) in [4.78, 5) is 23.3. The molecule has 0 spiro atoms. The summed E-state index contributed by atoms with van der Waals surface area (Å²) in [6, 6.07) is 12.5. The number of imidazole rings is 1. The van der Waals surface area contributed by atoms with Crippen LogP contribution in [0.15, 0.2) is 42.5 Å². The molecular formula is C21H21FN4O. The Kier molecular flexibility index (Phi) is 4.62. The predicted octanol–water partition coefficient (Wildman–Crippen LogP) is 3.78. The monoisotopic (exact) mass is 364 g/mol. The Bertz CT molecular complexity index is 1080. The summed E-state index contributed by atoms with van der Waals surface area (Å²) >= 11 is 0. The summed E-state index contributed by atoms with van der Waals surface area (Å²) < 4.78 is 13.5. The summed E-state index contributed by atoms with van der Waals surface area (Å²) in [5.74, 6) is 0.565. The number of aryl methyl sites for hydroxylation is 2. The minimum Gasteiger partial charge on any atom is -0.358 e. The Labute approximate surface area is 156 Å². The van der Waals surface area contributed by atoms with Crippen LogP contribution in [0.5, 0.6) is 0 Å². The van der Waals surface area contributed by atoms with E-state index in [0.717, 1.165) is 51.9 Å². The summed E-state index contributed by atoms with van der Waals surface area (Å²) in [5.41, 5.74) is 4.58. The van der Waals surface area contributed by atoms with Crippen LogP contribution in [0.25, 0.3) is 21.9 Å². The first-order chi connectivity index (χ1) is 13.1. The van der Waals surface area contributed by atoms with Gasteiger partial charge in [0.25, 0.3) is 0 Å². The number of aromatic nitrogens is 3. The van der Waals surface area contributed by atoms with Crippen molar-refractivity contribution in [1.29, 1.82) is 0 Å². The zero-order valence-corrected chi connectivity index (χ0v) is 15.1. The van der Waals surface area contributed by atoms with Gasteiger partial charge in [-0.2, -0.15) is 0 Å². The van der Waals surface area contributed by atoms with Gasteiger partial charge in [-0.25, -0.2) is 9.37 Å². The highest BCUT2D eigenvalue weighted by Crippen LogP contribution is 2.23. The number of carbonyl (C=O) groups excluding carboxylic acids is 1. The summed E-state index contributed by atoms with van der Waals surface area (Å²) in [6.45, 7) is 2.48. The molecule has 0 saturated carbocycles. The molecule has 3 N–H and O–H groups in total. The van der Waals surface area contributed by atoms with Gasteiger partial charge in [0.2, 0.25) is 5.91 Å². The number of para-hydroxylation sites is 2. The molecule has 0 radical (unpaired) electrons. The number of hydrogen-bond donors (Lipinski definition) is 3. The molecule has 1 amide bonds. The van der Waals surface area contributed by atoms with Gasteiger partial charge < -0.3 is 15.3 Å². The molecule has 0 unspecified atom stereocenters. The van der Waals surface area contributed by atoms with Crippen LogP contribution in [0.1, 0.15) is 23.5 Å². The van der Waals surface area contributed by atoms with Gasteiger partial charge >= 0.3 is 0 Å². The average Bonchev–Trinajstić information content (AvgIpc) is 3.20. The molecule has 0 aliphatic rings. The summed E-state index contributed by atoms with van der Waals surface area (Å²) in [5, 5.41) is 3.71. The number of benzene rings is 2. The van der Waals surface area contributed by atoms with Crippen molar-refractivity contribution in [3.8, 4) is 0 Å². The van der Waals surface area contributed by atoms with Gasteiger partial charge in [-0.3, -0.25) is 4.79 Å². The molecule has 4 aromatic rings. The molecular weight excluding hydrogens is 343 g/mol. The van der Waals surface area contributed by atoms with Crippen LogP contribution in [0, 0.1) is 12.7 Å². The van der Waals surface area contributed by atoms with Gasteiger partial charge in [0.05, 0.1) is 17.5 Å². The van der Waals surface area contributed by atoms with Gasteiger partial charge in [0.15, 0.2) is 0 Å². The molecule has 5 nitrogen and oxygen atoms in total. The molecule has 2 aromatic carbocycles. The van der Waals surface area contributed by atoms with Crippen LogP contribution in [0.2, 0.25) is 0 Å². The Morgan fingerprint density at radius 1 is 1.15 bits per heavy atom. The highest BCUT2D eigenvalue weighted by Gasteiger charge is 2.13.